The van der Waals surface area contributed by atoms with Crippen molar-refractivity contribution < 1.29 is 0 Å². The molecule has 0 heterocycles. The molecule has 4 N–H and O–H groups in total. The number of guanidine groups is 1. The maximum absolute atomic E-state index is 5.30. The molecule has 0 fully saturated rings. The number of hydrogen-bond acceptors (Lipinski definition) is 1. The second-order valence-electron chi connectivity index (χ2n) is 4.37. The van der Waals surface area contributed by atoms with Gasteiger partial charge >= 0.3 is 0 Å². The highest BCUT2D eigenvalue weighted by Gasteiger charge is 2.08. The van der Waals surface area contributed by atoms with Gasteiger partial charge in [-0.15, -0.1) is 12.4 Å². The van der Waals surface area contributed by atoms with Crippen molar-refractivity contribution in [1.82, 2.24) is 0 Å². The van der Waals surface area contributed by atoms with E-state index >= 15 is 0 Å². The minimum absolute atomic E-state index is 0. The Morgan fingerprint density at radius 2 is 1.82 bits per heavy atom. The van der Waals surface area contributed by atoms with Crippen LogP contribution in [0.2, 0.25) is 0 Å². The quantitative estimate of drug-likeness (QED) is 0.637. The van der Waals surface area contributed by atoms with Gasteiger partial charge in [-0.25, -0.2) is 0 Å². The third-order valence-electron chi connectivity index (χ3n) is 3.11. The molecule has 17 heavy (non-hydrogen) atoms. The number of benzene rings is 1. The Balaban J connectivity index is 0.00000144. The number of aryl methyl sites for hydroxylation is 2. The monoisotopic (exact) mass is 253 g/mol. The maximum atomic E-state index is 5.30. The highest BCUT2D eigenvalue weighted by atomic mass is 35.5. The van der Waals surface area contributed by atoms with E-state index in [0.29, 0.717) is 6.54 Å². The van der Waals surface area contributed by atoms with Gasteiger partial charge in [0, 0.05) is 6.54 Å². The van der Waals surface area contributed by atoms with Crippen molar-refractivity contribution in [3.05, 3.63) is 34.9 Å². The van der Waals surface area contributed by atoms with Crippen molar-refractivity contribution in [2.45, 2.75) is 32.1 Å². The van der Waals surface area contributed by atoms with Crippen LogP contribution < -0.4 is 11.5 Å². The number of hydrogen-bond donors (Lipinski definition) is 2. The zero-order chi connectivity index (χ0) is 11.4. The third-order valence-corrected chi connectivity index (χ3v) is 3.11. The molecule has 0 bridgehead atoms. The first-order valence-corrected chi connectivity index (χ1v) is 5.92. The fraction of sp³-hybridized carbons (Fsp3) is 0.462. The van der Waals surface area contributed by atoms with Crippen LogP contribution in [0, 0.1) is 0 Å². The Bertz CT molecular complexity index is 398. The number of nitrogens with zero attached hydrogens (tertiary/aromatic N) is 1. The molecule has 1 aliphatic rings. The molecule has 0 atom stereocenters. The normalized spacial score (nSPS) is 13.4. The Hall–Kier alpha value is -1.22. The molecule has 4 heteroatoms. The Morgan fingerprint density at radius 3 is 2.53 bits per heavy atom. The van der Waals surface area contributed by atoms with E-state index in [1.807, 2.05) is 0 Å². The number of halogens is 1. The van der Waals surface area contributed by atoms with Gasteiger partial charge < -0.3 is 11.5 Å². The van der Waals surface area contributed by atoms with E-state index in [4.69, 9.17) is 11.5 Å². The molecule has 2 rings (SSSR count). The number of rotatable bonds is 3. The average Bonchev–Trinajstić information content (AvgIpc) is 2.28. The molecule has 0 radical (unpaired) electrons. The second-order valence-corrected chi connectivity index (χ2v) is 4.37. The van der Waals surface area contributed by atoms with Crippen LogP contribution in [0.1, 0.15) is 29.5 Å². The summed E-state index contributed by atoms with van der Waals surface area (Å²) in [6.45, 7) is 0.682. The topological polar surface area (TPSA) is 64.4 Å². The van der Waals surface area contributed by atoms with Crippen molar-refractivity contribution >= 4 is 18.4 Å². The van der Waals surface area contributed by atoms with Gasteiger partial charge in [0.1, 0.15) is 0 Å². The molecule has 0 aliphatic heterocycles. The zero-order valence-corrected chi connectivity index (χ0v) is 10.8. The van der Waals surface area contributed by atoms with E-state index in [1.54, 1.807) is 0 Å². The predicted molar refractivity (Wildman–Crippen MR) is 74.7 cm³/mol. The second kappa shape index (κ2) is 6.50. The first-order chi connectivity index (χ1) is 7.75. The van der Waals surface area contributed by atoms with Crippen LogP contribution in [0.3, 0.4) is 0 Å². The highest BCUT2D eigenvalue weighted by molar-refractivity contribution is 5.85. The Morgan fingerprint density at radius 1 is 1.12 bits per heavy atom. The van der Waals surface area contributed by atoms with Crippen LogP contribution in [-0.2, 0) is 19.3 Å². The molecule has 0 amide bonds. The van der Waals surface area contributed by atoms with E-state index in [-0.39, 0.29) is 18.4 Å². The largest absolute Gasteiger partial charge is 0.370 e. The van der Waals surface area contributed by atoms with Crippen molar-refractivity contribution in [3.63, 3.8) is 0 Å². The lowest BCUT2D eigenvalue weighted by atomic mass is 9.90. The molecular weight excluding hydrogens is 234 g/mol. The lowest BCUT2D eigenvalue weighted by molar-refractivity contribution is 0.684. The zero-order valence-electron chi connectivity index (χ0n) is 9.98. The lowest BCUT2D eigenvalue weighted by Gasteiger charge is -2.16. The van der Waals surface area contributed by atoms with Crippen molar-refractivity contribution in [3.8, 4) is 0 Å². The van der Waals surface area contributed by atoms with Crippen LogP contribution >= 0.6 is 12.4 Å². The summed E-state index contributed by atoms with van der Waals surface area (Å²) in [7, 11) is 0. The minimum Gasteiger partial charge on any atom is -0.370 e. The number of fused-ring (bicyclic) bond motifs is 1. The van der Waals surface area contributed by atoms with Gasteiger partial charge in [0.15, 0.2) is 5.96 Å². The molecule has 0 saturated carbocycles. The van der Waals surface area contributed by atoms with Gasteiger partial charge in [0.25, 0.3) is 0 Å². The van der Waals surface area contributed by atoms with Crippen molar-refractivity contribution in [2.75, 3.05) is 6.54 Å². The summed E-state index contributed by atoms with van der Waals surface area (Å²) in [5.41, 5.74) is 15.0. The molecule has 1 aromatic carbocycles. The first kappa shape index (κ1) is 13.8. The van der Waals surface area contributed by atoms with Gasteiger partial charge in [-0.05, 0) is 48.8 Å². The first-order valence-electron chi connectivity index (χ1n) is 5.92. The molecule has 3 nitrogen and oxygen atoms in total. The average molecular weight is 254 g/mol. The molecule has 1 aromatic rings. The van der Waals surface area contributed by atoms with Gasteiger partial charge in [0.2, 0.25) is 0 Å². The molecular formula is C13H20ClN3. The summed E-state index contributed by atoms with van der Waals surface area (Å²) in [5, 5.41) is 0. The van der Waals surface area contributed by atoms with E-state index in [9.17, 15) is 0 Å². The van der Waals surface area contributed by atoms with E-state index in [2.05, 4.69) is 23.2 Å². The molecule has 0 unspecified atom stereocenters. The predicted octanol–water partition coefficient (Wildman–Crippen LogP) is 1.80. The molecule has 0 saturated heterocycles. The third kappa shape index (κ3) is 3.93. The van der Waals surface area contributed by atoms with E-state index in [1.165, 1.54) is 42.4 Å². The standard InChI is InChI=1S/C13H19N3.ClH/c14-13(15)16-8-7-10-5-6-11-3-1-2-4-12(11)9-10;/h5-6,9H,1-4,7-8H2,(H4,14,15,16);1H. The fourth-order valence-corrected chi connectivity index (χ4v) is 2.26. The number of nitrogens with two attached hydrogens (primary N) is 2. The maximum Gasteiger partial charge on any atom is 0.185 e. The summed E-state index contributed by atoms with van der Waals surface area (Å²) >= 11 is 0. The Labute approximate surface area is 109 Å². The summed E-state index contributed by atoms with van der Waals surface area (Å²) < 4.78 is 0. The van der Waals surface area contributed by atoms with Gasteiger partial charge in [-0.1, -0.05) is 18.2 Å². The Kier molecular flexibility index (Phi) is 5.29. The molecule has 94 valence electrons. The van der Waals surface area contributed by atoms with Crippen LogP contribution in [-0.4, -0.2) is 12.5 Å². The molecule has 0 spiro atoms. The van der Waals surface area contributed by atoms with Gasteiger partial charge in [-0.3, -0.25) is 4.99 Å². The van der Waals surface area contributed by atoms with Crippen LogP contribution in [0.15, 0.2) is 23.2 Å². The van der Waals surface area contributed by atoms with Gasteiger partial charge in [-0.2, -0.15) is 0 Å². The van der Waals surface area contributed by atoms with Crippen LogP contribution in [0.25, 0.3) is 0 Å². The van der Waals surface area contributed by atoms with Crippen LogP contribution in [0.4, 0.5) is 0 Å². The summed E-state index contributed by atoms with van der Waals surface area (Å²) in [6.07, 6.45) is 6.05. The number of aliphatic imine (C=N–C) groups is 1. The minimum atomic E-state index is 0. The van der Waals surface area contributed by atoms with Crippen LogP contribution in [0.5, 0.6) is 0 Å². The summed E-state index contributed by atoms with van der Waals surface area (Å²) in [5.74, 6) is 0.179. The van der Waals surface area contributed by atoms with E-state index in [0.717, 1.165) is 6.42 Å². The molecule has 0 aromatic heterocycles. The smallest absolute Gasteiger partial charge is 0.185 e. The summed E-state index contributed by atoms with van der Waals surface area (Å²) in [6, 6.07) is 6.78. The SMILES string of the molecule is Cl.NC(N)=NCCc1ccc2c(c1)CCCC2. The van der Waals surface area contributed by atoms with E-state index < -0.39 is 0 Å². The highest BCUT2D eigenvalue weighted by Crippen LogP contribution is 2.22. The van der Waals surface area contributed by atoms with Crippen molar-refractivity contribution in [2.24, 2.45) is 16.5 Å². The van der Waals surface area contributed by atoms with Crippen molar-refractivity contribution in [1.29, 1.82) is 0 Å². The lowest BCUT2D eigenvalue weighted by Crippen LogP contribution is -2.23. The fourth-order valence-electron chi connectivity index (χ4n) is 2.26. The molecule has 1 aliphatic carbocycles. The van der Waals surface area contributed by atoms with Gasteiger partial charge in [0.05, 0.1) is 0 Å². The summed E-state index contributed by atoms with van der Waals surface area (Å²) in [4.78, 5) is 4.00.